The largest absolute Gasteiger partial charge is 0.366 e. The number of hydrogen-bond acceptors (Lipinski definition) is 5. The molecule has 0 saturated carbocycles. The van der Waals surface area contributed by atoms with E-state index in [2.05, 4.69) is 27.2 Å². The lowest BCUT2D eigenvalue weighted by Crippen LogP contribution is -2.39. The fourth-order valence-corrected chi connectivity index (χ4v) is 3.00. The summed E-state index contributed by atoms with van der Waals surface area (Å²) in [4.78, 5) is 27.4. The Morgan fingerprint density at radius 2 is 2.12 bits per heavy atom. The van der Waals surface area contributed by atoms with Gasteiger partial charge in [0.15, 0.2) is 0 Å². The molecule has 1 atom stereocenters. The fraction of sp³-hybridized carbons (Fsp3) is 0.444. The van der Waals surface area contributed by atoms with Crippen molar-refractivity contribution in [3.63, 3.8) is 0 Å². The van der Waals surface area contributed by atoms with Crippen LogP contribution < -0.4 is 5.32 Å². The zero-order valence-electron chi connectivity index (χ0n) is 14.2. The zero-order valence-corrected chi connectivity index (χ0v) is 14.2. The highest BCUT2D eigenvalue weighted by atomic mass is 16.2. The van der Waals surface area contributed by atoms with Crippen molar-refractivity contribution in [2.45, 2.75) is 33.2 Å². The Bertz CT molecular complexity index is 704. The van der Waals surface area contributed by atoms with Crippen molar-refractivity contribution in [3.8, 4) is 0 Å². The van der Waals surface area contributed by atoms with E-state index in [-0.39, 0.29) is 5.91 Å². The highest BCUT2D eigenvalue weighted by Gasteiger charge is 2.23. The molecule has 1 fully saturated rings. The second-order valence-corrected chi connectivity index (χ2v) is 6.39. The number of nitrogens with one attached hydrogen (secondary N) is 1. The number of pyridine rings is 1. The van der Waals surface area contributed by atoms with Gasteiger partial charge in [-0.05, 0) is 43.4 Å². The minimum Gasteiger partial charge on any atom is -0.366 e. The first-order chi connectivity index (χ1) is 11.6. The lowest BCUT2D eigenvalue weighted by Gasteiger charge is -2.30. The van der Waals surface area contributed by atoms with E-state index in [0.717, 1.165) is 25.1 Å². The number of piperidine rings is 1. The first kappa shape index (κ1) is 16.4. The molecule has 1 aliphatic heterocycles. The molecule has 1 amide bonds. The minimum absolute atomic E-state index is 0.000916. The van der Waals surface area contributed by atoms with Crippen LogP contribution in [-0.2, 0) is 6.54 Å². The Morgan fingerprint density at radius 1 is 1.33 bits per heavy atom. The van der Waals surface area contributed by atoms with Crippen LogP contribution in [0.5, 0.6) is 0 Å². The maximum Gasteiger partial charge on any atom is 0.272 e. The summed E-state index contributed by atoms with van der Waals surface area (Å²) >= 11 is 0. The molecule has 126 valence electrons. The first-order valence-electron chi connectivity index (χ1n) is 8.39. The third-order valence-electron chi connectivity index (χ3n) is 4.22. The standard InChI is InChI=1S/C18H23N5O/c1-13-4-3-9-23(12-13)18(24)16-10-17(22-14(2)21-16)20-11-15-5-7-19-8-6-15/h5-8,10,13H,3-4,9,11-12H2,1-2H3,(H,20,21,22). The first-order valence-corrected chi connectivity index (χ1v) is 8.39. The summed E-state index contributed by atoms with van der Waals surface area (Å²) in [5, 5.41) is 3.26. The summed E-state index contributed by atoms with van der Waals surface area (Å²) in [6.45, 7) is 6.25. The van der Waals surface area contributed by atoms with Crippen LogP contribution in [0.25, 0.3) is 0 Å². The molecule has 0 aromatic carbocycles. The highest BCUT2D eigenvalue weighted by Crippen LogP contribution is 2.18. The normalized spacial score (nSPS) is 17.6. The molecule has 3 rings (SSSR count). The van der Waals surface area contributed by atoms with Gasteiger partial charge in [0, 0.05) is 38.1 Å². The maximum atomic E-state index is 12.7. The number of likely N-dealkylation sites (tertiary alicyclic amines) is 1. The molecule has 1 N–H and O–H groups in total. The van der Waals surface area contributed by atoms with Crippen LogP contribution in [0.15, 0.2) is 30.6 Å². The van der Waals surface area contributed by atoms with Gasteiger partial charge >= 0.3 is 0 Å². The number of carbonyl (C=O) groups is 1. The van der Waals surface area contributed by atoms with E-state index in [9.17, 15) is 4.79 Å². The van der Waals surface area contributed by atoms with Gasteiger partial charge in [-0.2, -0.15) is 0 Å². The highest BCUT2D eigenvalue weighted by molar-refractivity contribution is 5.93. The number of rotatable bonds is 4. The number of anilines is 1. The van der Waals surface area contributed by atoms with Gasteiger partial charge in [-0.15, -0.1) is 0 Å². The Balaban J connectivity index is 1.72. The average molecular weight is 325 g/mol. The van der Waals surface area contributed by atoms with Crippen LogP contribution in [0.2, 0.25) is 0 Å². The molecule has 0 spiro atoms. The van der Waals surface area contributed by atoms with Crippen LogP contribution >= 0.6 is 0 Å². The second kappa shape index (κ2) is 7.38. The molecule has 3 heterocycles. The third-order valence-corrected chi connectivity index (χ3v) is 4.22. The number of aryl methyl sites for hydroxylation is 1. The molecule has 24 heavy (non-hydrogen) atoms. The van der Waals surface area contributed by atoms with Crippen molar-refractivity contribution < 1.29 is 4.79 Å². The molecule has 0 aliphatic carbocycles. The van der Waals surface area contributed by atoms with E-state index in [1.54, 1.807) is 18.5 Å². The summed E-state index contributed by atoms with van der Waals surface area (Å²) < 4.78 is 0. The fourth-order valence-electron chi connectivity index (χ4n) is 3.00. The molecule has 2 aromatic heterocycles. The lowest BCUT2D eigenvalue weighted by molar-refractivity contribution is 0.0676. The predicted octanol–water partition coefficient (Wildman–Crippen LogP) is 2.66. The summed E-state index contributed by atoms with van der Waals surface area (Å²) in [5.41, 5.74) is 1.58. The molecule has 0 bridgehead atoms. The van der Waals surface area contributed by atoms with Crippen molar-refractivity contribution in [3.05, 3.63) is 47.7 Å². The van der Waals surface area contributed by atoms with Crippen molar-refractivity contribution >= 4 is 11.7 Å². The monoisotopic (exact) mass is 325 g/mol. The van der Waals surface area contributed by atoms with E-state index in [1.165, 1.54) is 6.42 Å². The van der Waals surface area contributed by atoms with Gasteiger partial charge in [-0.1, -0.05) is 6.92 Å². The number of amides is 1. The molecule has 6 nitrogen and oxygen atoms in total. The Kier molecular flexibility index (Phi) is 5.03. The molecule has 0 radical (unpaired) electrons. The van der Waals surface area contributed by atoms with E-state index in [0.29, 0.717) is 29.8 Å². The molecule has 2 aromatic rings. The van der Waals surface area contributed by atoms with Crippen LogP contribution in [0.3, 0.4) is 0 Å². The summed E-state index contributed by atoms with van der Waals surface area (Å²) in [6.07, 6.45) is 5.76. The van der Waals surface area contributed by atoms with Gasteiger partial charge in [0.25, 0.3) is 5.91 Å². The number of hydrogen-bond donors (Lipinski definition) is 1. The lowest BCUT2D eigenvalue weighted by atomic mass is 10.00. The summed E-state index contributed by atoms with van der Waals surface area (Å²) in [7, 11) is 0. The topological polar surface area (TPSA) is 71.0 Å². The van der Waals surface area contributed by atoms with Crippen molar-refractivity contribution in [2.75, 3.05) is 18.4 Å². The van der Waals surface area contributed by atoms with Crippen molar-refractivity contribution in [1.82, 2.24) is 19.9 Å². The molecule has 1 saturated heterocycles. The molecule has 6 heteroatoms. The zero-order chi connectivity index (χ0) is 16.9. The van der Waals surface area contributed by atoms with Gasteiger partial charge in [0.2, 0.25) is 0 Å². The summed E-state index contributed by atoms with van der Waals surface area (Å²) in [6, 6.07) is 5.64. The maximum absolute atomic E-state index is 12.7. The molecule has 1 aliphatic rings. The van der Waals surface area contributed by atoms with Gasteiger partial charge in [0.05, 0.1) is 0 Å². The SMILES string of the molecule is Cc1nc(NCc2ccncc2)cc(C(=O)N2CCCC(C)C2)n1. The van der Waals surface area contributed by atoms with Crippen LogP contribution in [0.1, 0.15) is 41.6 Å². The van der Waals surface area contributed by atoms with Gasteiger partial charge < -0.3 is 10.2 Å². The van der Waals surface area contributed by atoms with Crippen LogP contribution in [0, 0.1) is 12.8 Å². The van der Waals surface area contributed by atoms with E-state index in [1.807, 2.05) is 24.0 Å². The van der Waals surface area contributed by atoms with Gasteiger partial charge in [-0.25, -0.2) is 9.97 Å². The number of carbonyl (C=O) groups excluding carboxylic acids is 1. The van der Waals surface area contributed by atoms with E-state index in [4.69, 9.17) is 0 Å². The van der Waals surface area contributed by atoms with Crippen molar-refractivity contribution in [1.29, 1.82) is 0 Å². The molecule has 1 unspecified atom stereocenters. The number of aromatic nitrogens is 3. The van der Waals surface area contributed by atoms with Crippen molar-refractivity contribution in [2.24, 2.45) is 5.92 Å². The second-order valence-electron chi connectivity index (χ2n) is 6.39. The van der Waals surface area contributed by atoms with E-state index >= 15 is 0 Å². The minimum atomic E-state index is -0.000916. The van der Waals surface area contributed by atoms with Crippen LogP contribution in [0.4, 0.5) is 5.82 Å². The Morgan fingerprint density at radius 3 is 2.88 bits per heavy atom. The van der Waals surface area contributed by atoms with Gasteiger partial charge in [-0.3, -0.25) is 9.78 Å². The Hall–Kier alpha value is -2.50. The Labute approximate surface area is 142 Å². The van der Waals surface area contributed by atoms with Crippen LogP contribution in [-0.4, -0.2) is 38.8 Å². The predicted molar refractivity (Wildman–Crippen MR) is 92.6 cm³/mol. The average Bonchev–Trinajstić information content (AvgIpc) is 2.60. The number of nitrogens with zero attached hydrogens (tertiary/aromatic N) is 4. The van der Waals surface area contributed by atoms with E-state index < -0.39 is 0 Å². The quantitative estimate of drug-likeness (QED) is 0.936. The molecular weight excluding hydrogens is 302 g/mol. The summed E-state index contributed by atoms with van der Waals surface area (Å²) in [5.74, 6) is 1.82. The van der Waals surface area contributed by atoms with Gasteiger partial charge in [0.1, 0.15) is 17.3 Å². The molecular formula is C18H23N5O. The third kappa shape index (κ3) is 4.07. The smallest absolute Gasteiger partial charge is 0.272 e.